The average molecular weight is 421 g/mol. The van der Waals surface area contributed by atoms with Gasteiger partial charge in [0.05, 0.1) is 19.1 Å². The van der Waals surface area contributed by atoms with Gasteiger partial charge in [0.1, 0.15) is 0 Å². The minimum Gasteiger partial charge on any atom is -0.465 e. The number of carbonyl (C=O) groups is 3. The Morgan fingerprint density at radius 2 is 1.48 bits per heavy atom. The fourth-order valence-corrected chi connectivity index (χ4v) is 5.51. The Hall–Kier alpha value is -2.95. The molecule has 0 aromatic heterocycles. The van der Waals surface area contributed by atoms with E-state index in [1.165, 1.54) is 0 Å². The van der Waals surface area contributed by atoms with E-state index in [-0.39, 0.29) is 37.3 Å². The molecule has 0 bridgehead atoms. The quantitative estimate of drug-likeness (QED) is 0.523. The number of rotatable bonds is 5. The Kier molecular flexibility index (Phi) is 5.69. The van der Waals surface area contributed by atoms with E-state index in [1.807, 2.05) is 55.5 Å². The van der Waals surface area contributed by atoms with E-state index in [1.54, 1.807) is 13.8 Å². The van der Waals surface area contributed by atoms with E-state index in [4.69, 9.17) is 9.47 Å². The standard InChI is InChI=1S/C26H28O5/c1-4-30-24(28)26(25(29)31-5-2)14-20-18-12-8-9-13-19(18)23(27)22(21(20)15-26)17-11-7-6-10-16(17)3/h6-13,20-22H,4-5,14-15H2,1-3H3/t20-,21-,22+/m1/s1. The second-order valence-electron chi connectivity index (χ2n) is 8.49. The molecule has 1 saturated carbocycles. The molecule has 2 aromatic rings. The fraction of sp³-hybridized carbons (Fsp3) is 0.423. The van der Waals surface area contributed by atoms with Gasteiger partial charge in [0.25, 0.3) is 0 Å². The normalized spacial score (nSPS) is 23.6. The monoisotopic (exact) mass is 420 g/mol. The van der Waals surface area contributed by atoms with Gasteiger partial charge in [0.2, 0.25) is 0 Å². The average Bonchev–Trinajstić information content (AvgIpc) is 3.18. The van der Waals surface area contributed by atoms with Gasteiger partial charge in [-0.1, -0.05) is 48.5 Å². The number of aryl methyl sites for hydroxylation is 1. The van der Waals surface area contributed by atoms with Gasteiger partial charge in [-0.15, -0.1) is 0 Å². The second kappa shape index (κ2) is 8.29. The lowest BCUT2D eigenvalue weighted by molar-refractivity contribution is -0.172. The summed E-state index contributed by atoms with van der Waals surface area (Å²) in [6, 6.07) is 15.4. The molecule has 162 valence electrons. The van der Waals surface area contributed by atoms with Crippen LogP contribution in [0.4, 0.5) is 0 Å². The summed E-state index contributed by atoms with van der Waals surface area (Å²) < 4.78 is 10.7. The number of ketones is 1. The first kappa shape index (κ1) is 21.3. The number of hydrogen-bond acceptors (Lipinski definition) is 5. The molecule has 3 atom stereocenters. The SMILES string of the molecule is CCOC(=O)C1(C(=O)OCC)C[C@@H]2[C@H](C1)c1ccccc1C(=O)[C@H]2c1ccccc1C. The summed E-state index contributed by atoms with van der Waals surface area (Å²) in [5.41, 5.74) is 2.20. The molecule has 0 saturated heterocycles. The van der Waals surface area contributed by atoms with Crippen LogP contribution in [-0.4, -0.2) is 30.9 Å². The van der Waals surface area contributed by atoms with Crippen molar-refractivity contribution in [3.63, 3.8) is 0 Å². The van der Waals surface area contributed by atoms with Gasteiger partial charge in [-0.3, -0.25) is 14.4 Å². The van der Waals surface area contributed by atoms with E-state index in [0.717, 1.165) is 16.7 Å². The summed E-state index contributed by atoms with van der Waals surface area (Å²) in [5.74, 6) is -1.74. The highest BCUT2D eigenvalue weighted by atomic mass is 16.6. The molecule has 0 N–H and O–H groups in total. The zero-order valence-electron chi connectivity index (χ0n) is 18.2. The van der Waals surface area contributed by atoms with E-state index in [2.05, 4.69) is 0 Å². The maximum atomic E-state index is 13.7. The number of ether oxygens (including phenoxy) is 2. The molecule has 2 aliphatic carbocycles. The van der Waals surface area contributed by atoms with Crippen LogP contribution in [0.5, 0.6) is 0 Å². The van der Waals surface area contributed by atoms with E-state index >= 15 is 0 Å². The summed E-state index contributed by atoms with van der Waals surface area (Å²) in [4.78, 5) is 39.9. The van der Waals surface area contributed by atoms with Crippen LogP contribution in [-0.2, 0) is 19.1 Å². The van der Waals surface area contributed by atoms with Crippen LogP contribution in [0.25, 0.3) is 0 Å². The Morgan fingerprint density at radius 1 is 0.903 bits per heavy atom. The topological polar surface area (TPSA) is 69.7 Å². The Labute approximate surface area is 182 Å². The Bertz CT molecular complexity index is 1010. The third kappa shape index (κ3) is 3.36. The highest BCUT2D eigenvalue weighted by Gasteiger charge is 2.61. The van der Waals surface area contributed by atoms with Gasteiger partial charge in [-0.25, -0.2) is 0 Å². The first-order chi connectivity index (χ1) is 14.9. The maximum absolute atomic E-state index is 13.7. The van der Waals surface area contributed by atoms with Crippen LogP contribution in [0.3, 0.4) is 0 Å². The van der Waals surface area contributed by atoms with Crippen molar-refractivity contribution in [2.75, 3.05) is 13.2 Å². The lowest BCUT2D eigenvalue weighted by Crippen LogP contribution is -2.40. The van der Waals surface area contributed by atoms with Crippen molar-refractivity contribution >= 4 is 17.7 Å². The van der Waals surface area contributed by atoms with Crippen molar-refractivity contribution in [2.24, 2.45) is 11.3 Å². The molecular formula is C26H28O5. The van der Waals surface area contributed by atoms with Crippen LogP contribution in [0.2, 0.25) is 0 Å². The lowest BCUT2D eigenvalue weighted by atomic mass is 9.67. The maximum Gasteiger partial charge on any atom is 0.323 e. The highest BCUT2D eigenvalue weighted by molar-refractivity contribution is 6.06. The third-order valence-corrected chi connectivity index (χ3v) is 6.86. The number of fused-ring (bicyclic) bond motifs is 3. The van der Waals surface area contributed by atoms with Crippen molar-refractivity contribution in [2.45, 2.75) is 45.4 Å². The lowest BCUT2D eigenvalue weighted by Gasteiger charge is -2.35. The van der Waals surface area contributed by atoms with E-state index in [9.17, 15) is 14.4 Å². The van der Waals surface area contributed by atoms with Crippen LogP contribution in [0.1, 0.15) is 65.6 Å². The number of Topliss-reactive ketones (excluding diaryl/α,β-unsaturated/α-hetero) is 1. The van der Waals surface area contributed by atoms with E-state index in [0.29, 0.717) is 12.0 Å². The van der Waals surface area contributed by atoms with Gasteiger partial charge in [-0.2, -0.15) is 0 Å². The summed E-state index contributed by atoms with van der Waals surface area (Å²) in [6.45, 7) is 5.83. The first-order valence-corrected chi connectivity index (χ1v) is 11.0. The smallest absolute Gasteiger partial charge is 0.323 e. The van der Waals surface area contributed by atoms with Gasteiger partial charge in [0, 0.05) is 5.56 Å². The van der Waals surface area contributed by atoms with Crippen molar-refractivity contribution < 1.29 is 23.9 Å². The summed E-state index contributed by atoms with van der Waals surface area (Å²) in [7, 11) is 0. The Morgan fingerprint density at radius 3 is 2.10 bits per heavy atom. The van der Waals surface area contributed by atoms with Crippen molar-refractivity contribution in [1.29, 1.82) is 0 Å². The zero-order chi connectivity index (χ0) is 22.2. The minimum atomic E-state index is -1.39. The number of benzene rings is 2. The van der Waals surface area contributed by atoms with Gasteiger partial charge in [0.15, 0.2) is 11.2 Å². The molecule has 2 aliphatic rings. The molecule has 1 fully saturated rings. The number of esters is 2. The van der Waals surface area contributed by atoms with Crippen molar-refractivity contribution in [3.05, 3.63) is 70.8 Å². The molecule has 0 spiro atoms. The zero-order valence-corrected chi connectivity index (χ0v) is 18.2. The van der Waals surface area contributed by atoms with Gasteiger partial charge >= 0.3 is 11.9 Å². The number of carbonyl (C=O) groups excluding carboxylic acids is 3. The molecule has 0 aliphatic heterocycles. The molecule has 5 nitrogen and oxygen atoms in total. The predicted octanol–water partition coefficient (Wildman–Crippen LogP) is 4.58. The molecule has 5 heteroatoms. The molecule has 0 unspecified atom stereocenters. The largest absolute Gasteiger partial charge is 0.465 e. The highest BCUT2D eigenvalue weighted by Crippen LogP contribution is 2.59. The minimum absolute atomic E-state index is 0.0506. The first-order valence-electron chi connectivity index (χ1n) is 11.0. The van der Waals surface area contributed by atoms with Crippen LogP contribution < -0.4 is 0 Å². The molecule has 4 rings (SSSR count). The van der Waals surface area contributed by atoms with Crippen molar-refractivity contribution in [3.8, 4) is 0 Å². The predicted molar refractivity (Wildman–Crippen MR) is 116 cm³/mol. The molecular weight excluding hydrogens is 392 g/mol. The van der Waals surface area contributed by atoms with E-state index < -0.39 is 23.3 Å². The molecule has 0 amide bonds. The molecule has 0 radical (unpaired) electrons. The van der Waals surface area contributed by atoms with Crippen LogP contribution in [0, 0.1) is 18.3 Å². The summed E-state index contributed by atoms with van der Waals surface area (Å²) in [6.07, 6.45) is 0.538. The Balaban J connectivity index is 1.88. The van der Waals surface area contributed by atoms with Gasteiger partial charge in [-0.05, 0) is 62.1 Å². The third-order valence-electron chi connectivity index (χ3n) is 6.86. The molecule has 2 aromatic carbocycles. The van der Waals surface area contributed by atoms with Crippen LogP contribution in [0.15, 0.2) is 48.5 Å². The van der Waals surface area contributed by atoms with Crippen molar-refractivity contribution in [1.82, 2.24) is 0 Å². The summed E-state index contributed by atoms with van der Waals surface area (Å²) in [5, 5.41) is 0. The fourth-order valence-electron chi connectivity index (χ4n) is 5.51. The molecule has 0 heterocycles. The van der Waals surface area contributed by atoms with Crippen LogP contribution >= 0.6 is 0 Å². The van der Waals surface area contributed by atoms with Gasteiger partial charge < -0.3 is 9.47 Å². The molecule has 31 heavy (non-hydrogen) atoms. The summed E-state index contributed by atoms with van der Waals surface area (Å²) >= 11 is 0. The second-order valence-corrected chi connectivity index (χ2v) is 8.49. The number of hydrogen-bond donors (Lipinski definition) is 0.